The highest BCUT2D eigenvalue weighted by molar-refractivity contribution is 7.81. The molecule has 2 aromatic rings. The van der Waals surface area contributed by atoms with Gasteiger partial charge in [0, 0.05) is 29.8 Å². The van der Waals surface area contributed by atoms with E-state index in [4.69, 9.17) is 17.4 Å². The number of Topliss-reactive ketones (excluding diaryl/α,β-unsaturated/α-hetero) is 1. The van der Waals surface area contributed by atoms with Crippen molar-refractivity contribution in [2.75, 3.05) is 19.7 Å². The number of carbonyl (C=O) groups is 2. The predicted octanol–water partition coefficient (Wildman–Crippen LogP) is 3.67. The number of rotatable bonds is 8. The lowest BCUT2D eigenvalue weighted by atomic mass is 9.93. The molecule has 0 spiro atoms. The minimum Gasteiger partial charge on any atom is -0.461 e. The second-order valence-electron chi connectivity index (χ2n) is 8.20. The molecule has 2 aliphatic rings. The third-order valence-electron chi connectivity index (χ3n) is 5.88. The Morgan fingerprint density at radius 2 is 2.06 bits per heavy atom. The smallest absolute Gasteiger partial charge is 0.360 e. The molecule has 10 heteroatoms. The molecular weight excluding hydrogens is 467 g/mol. The van der Waals surface area contributed by atoms with Crippen LogP contribution < -0.4 is 0 Å². The second kappa shape index (κ2) is 11.3. The Morgan fingerprint density at radius 1 is 1.30 bits per heavy atom. The number of thiol groups is 1. The highest BCUT2D eigenvalue weighted by Gasteiger charge is 2.40. The van der Waals surface area contributed by atoms with Crippen molar-refractivity contribution in [3.05, 3.63) is 59.2 Å². The number of hydrogen-bond acceptors (Lipinski definition) is 7. The molecule has 0 N–H and O–H groups in total. The third-order valence-corrected chi connectivity index (χ3v) is 6.47. The SMILES string of the molecule is CCOC(=O)c1cn(CC=C2CN(C(C(=O)C3CC3)c3ccccc3F)CCC2S)nn1.Cl. The molecule has 1 saturated heterocycles. The Bertz CT molecular complexity index is 1030. The molecule has 1 saturated carbocycles. The molecule has 7 nitrogen and oxygen atoms in total. The summed E-state index contributed by atoms with van der Waals surface area (Å²) in [5.41, 5.74) is 1.64. The maximum absolute atomic E-state index is 14.6. The minimum absolute atomic E-state index is 0. The van der Waals surface area contributed by atoms with Gasteiger partial charge < -0.3 is 4.74 Å². The summed E-state index contributed by atoms with van der Waals surface area (Å²) in [4.78, 5) is 27.0. The van der Waals surface area contributed by atoms with Crippen LogP contribution in [-0.4, -0.2) is 56.6 Å². The summed E-state index contributed by atoms with van der Waals surface area (Å²) in [7, 11) is 0. The van der Waals surface area contributed by atoms with Crippen molar-refractivity contribution in [2.24, 2.45) is 5.92 Å². The van der Waals surface area contributed by atoms with Crippen LogP contribution in [0.2, 0.25) is 0 Å². The van der Waals surface area contributed by atoms with E-state index in [1.165, 1.54) is 6.07 Å². The molecule has 4 rings (SSSR count). The number of ketones is 1. The van der Waals surface area contributed by atoms with Crippen LogP contribution in [0.4, 0.5) is 4.39 Å². The largest absolute Gasteiger partial charge is 0.461 e. The number of hydrogen-bond donors (Lipinski definition) is 1. The maximum Gasteiger partial charge on any atom is 0.360 e. The maximum atomic E-state index is 14.6. The first-order chi connectivity index (χ1) is 15.5. The number of ether oxygens (including phenoxy) is 1. The second-order valence-corrected chi connectivity index (χ2v) is 8.82. The Hall–Kier alpha value is -2.23. The Morgan fingerprint density at radius 3 is 2.76 bits per heavy atom. The molecular formula is C23H28ClFN4O3S. The third kappa shape index (κ3) is 6.02. The van der Waals surface area contributed by atoms with Gasteiger partial charge in [-0.2, -0.15) is 12.6 Å². The van der Waals surface area contributed by atoms with E-state index in [1.54, 1.807) is 36.0 Å². The zero-order valence-electron chi connectivity index (χ0n) is 18.4. The highest BCUT2D eigenvalue weighted by Crippen LogP contribution is 2.39. The van der Waals surface area contributed by atoms with Crippen molar-refractivity contribution < 1.29 is 18.7 Å². The lowest BCUT2D eigenvalue weighted by molar-refractivity contribution is -0.126. The monoisotopic (exact) mass is 494 g/mol. The molecule has 2 heterocycles. The van der Waals surface area contributed by atoms with Crippen molar-refractivity contribution in [1.29, 1.82) is 0 Å². The number of benzene rings is 1. The van der Waals surface area contributed by atoms with Crippen LogP contribution in [0.1, 0.15) is 48.3 Å². The van der Waals surface area contributed by atoms with Gasteiger partial charge in [-0.3, -0.25) is 9.69 Å². The standard InChI is InChI=1S/C23H27FN4O3S.ClH/c1-2-31-23(30)19-14-28(26-25-19)12-9-16-13-27(11-10-20(16)32)21(22(29)15-7-8-15)17-5-3-4-6-18(17)24;/h3-6,9,14-15,20-21,32H,2,7-8,10-13H2,1H3;1H. The molecule has 0 amide bonds. The zero-order chi connectivity index (χ0) is 22.7. The van der Waals surface area contributed by atoms with E-state index in [0.717, 1.165) is 24.8 Å². The number of allylic oxidation sites excluding steroid dienone is 1. The fourth-order valence-corrected chi connectivity index (χ4v) is 4.33. The molecule has 0 radical (unpaired) electrons. The van der Waals surface area contributed by atoms with E-state index in [-0.39, 0.29) is 47.5 Å². The van der Waals surface area contributed by atoms with Crippen LogP contribution in [0.3, 0.4) is 0 Å². The molecule has 1 aromatic carbocycles. The van der Waals surface area contributed by atoms with Crippen molar-refractivity contribution >= 4 is 36.8 Å². The van der Waals surface area contributed by atoms with Gasteiger partial charge in [0.1, 0.15) is 5.82 Å². The first-order valence-corrected chi connectivity index (χ1v) is 11.5. The molecule has 2 fully saturated rings. The molecule has 0 bridgehead atoms. The number of piperidine rings is 1. The minimum atomic E-state index is -0.588. The normalized spacial score (nSPS) is 20.8. The number of carbonyl (C=O) groups excluding carboxylic acids is 2. The summed E-state index contributed by atoms with van der Waals surface area (Å²) in [5, 5.41) is 7.87. The predicted molar refractivity (Wildman–Crippen MR) is 127 cm³/mol. The van der Waals surface area contributed by atoms with E-state index in [2.05, 4.69) is 15.2 Å². The van der Waals surface area contributed by atoms with Crippen LogP contribution in [0.25, 0.3) is 0 Å². The van der Waals surface area contributed by atoms with Gasteiger partial charge in [0.05, 0.1) is 25.4 Å². The van der Waals surface area contributed by atoms with Gasteiger partial charge in [0.15, 0.2) is 11.5 Å². The van der Waals surface area contributed by atoms with Gasteiger partial charge in [0.25, 0.3) is 0 Å². The van der Waals surface area contributed by atoms with E-state index in [1.807, 2.05) is 6.08 Å². The van der Waals surface area contributed by atoms with Crippen molar-refractivity contribution in [3.8, 4) is 0 Å². The topological polar surface area (TPSA) is 77.3 Å². The number of esters is 1. The summed E-state index contributed by atoms with van der Waals surface area (Å²) in [5.74, 6) is -0.729. The van der Waals surface area contributed by atoms with Crippen molar-refractivity contribution in [2.45, 2.75) is 44.0 Å². The average molecular weight is 495 g/mol. The van der Waals surface area contributed by atoms with Crippen LogP contribution >= 0.6 is 25.0 Å². The summed E-state index contributed by atoms with van der Waals surface area (Å²) >= 11 is 4.72. The van der Waals surface area contributed by atoms with Crippen LogP contribution in [0.15, 0.2) is 42.1 Å². The summed E-state index contributed by atoms with van der Waals surface area (Å²) in [6.07, 6.45) is 6.05. The summed E-state index contributed by atoms with van der Waals surface area (Å²) in [6, 6.07) is 5.96. The molecule has 178 valence electrons. The number of likely N-dealkylation sites (tertiary alicyclic amines) is 1. The molecule has 2 atom stereocenters. The van der Waals surface area contributed by atoms with E-state index in [9.17, 15) is 14.0 Å². The van der Waals surface area contributed by atoms with Gasteiger partial charge in [0.2, 0.25) is 0 Å². The lowest BCUT2D eigenvalue weighted by Gasteiger charge is -2.37. The fourth-order valence-electron chi connectivity index (χ4n) is 4.03. The first kappa shape index (κ1) is 25.4. The number of aromatic nitrogens is 3. The van der Waals surface area contributed by atoms with E-state index >= 15 is 0 Å². The highest BCUT2D eigenvalue weighted by atomic mass is 35.5. The van der Waals surface area contributed by atoms with E-state index < -0.39 is 12.0 Å². The van der Waals surface area contributed by atoms with Crippen molar-refractivity contribution in [1.82, 2.24) is 19.9 Å². The quantitative estimate of drug-likeness (QED) is 0.343. The Kier molecular flexibility index (Phi) is 8.67. The molecule has 2 unspecified atom stereocenters. The first-order valence-electron chi connectivity index (χ1n) is 10.9. The number of nitrogens with zero attached hydrogens (tertiary/aromatic N) is 4. The van der Waals surface area contributed by atoms with Gasteiger partial charge in [-0.05, 0) is 37.8 Å². The average Bonchev–Trinajstić information content (AvgIpc) is 3.53. The molecule has 1 aliphatic carbocycles. The fraction of sp³-hybridized carbons (Fsp3) is 0.478. The van der Waals surface area contributed by atoms with E-state index in [0.29, 0.717) is 25.2 Å². The summed E-state index contributed by atoms with van der Waals surface area (Å²) in [6.45, 7) is 3.60. The molecule has 33 heavy (non-hydrogen) atoms. The lowest BCUT2D eigenvalue weighted by Crippen LogP contribution is -2.42. The van der Waals surface area contributed by atoms with Gasteiger partial charge >= 0.3 is 5.97 Å². The van der Waals surface area contributed by atoms with Crippen LogP contribution in [-0.2, 0) is 16.1 Å². The molecule has 1 aliphatic heterocycles. The van der Waals surface area contributed by atoms with Crippen LogP contribution in [0.5, 0.6) is 0 Å². The van der Waals surface area contributed by atoms with Gasteiger partial charge in [-0.15, -0.1) is 17.5 Å². The van der Waals surface area contributed by atoms with Crippen molar-refractivity contribution in [3.63, 3.8) is 0 Å². The zero-order valence-corrected chi connectivity index (χ0v) is 20.1. The number of halogens is 2. The van der Waals surface area contributed by atoms with Crippen LogP contribution in [0, 0.1) is 11.7 Å². The Labute approximate surface area is 204 Å². The van der Waals surface area contributed by atoms with Gasteiger partial charge in [-0.25, -0.2) is 13.9 Å². The molecule has 1 aromatic heterocycles. The Balaban J connectivity index is 0.00000306. The van der Waals surface area contributed by atoms with Gasteiger partial charge in [-0.1, -0.05) is 29.5 Å². The summed E-state index contributed by atoms with van der Waals surface area (Å²) < 4.78 is 21.1.